The second kappa shape index (κ2) is 25.2. The minimum atomic E-state index is -0.643. The van der Waals surface area contributed by atoms with E-state index in [9.17, 15) is 10.1 Å². The fourth-order valence-corrected chi connectivity index (χ4v) is 5.57. The SMILES string of the molecule is CCCCCCCCCCCCCCCCCCCC(C(=O)OCCOc1ccccc1)C(Cc1ccccc1)OO. The van der Waals surface area contributed by atoms with E-state index in [1.807, 2.05) is 60.7 Å². The second-order valence-corrected chi connectivity index (χ2v) is 11.7. The maximum Gasteiger partial charge on any atom is 0.311 e. The molecule has 0 heterocycles. The Kier molecular flexibility index (Phi) is 21.5. The normalized spacial score (nSPS) is 12.6. The first-order valence-electron chi connectivity index (χ1n) is 16.9. The van der Waals surface area contributed by atoms with Gasteiger partial charge in [-0.3, -0.25) is 10.1 Å². The smallest absolute Gasteiger partial charge is 0.311 e. The molecule has 5 nitrogen and oxygen atoms in total. The van der Waals surface area contributed by atoms with Crippen molar-refractivity contribution in [3.63, 3.8) is 0 Å². The Bertz CT molecular complexity index is 872. The van der Waals surface area contributed by atoms with E-state index in [0.29, 0.717) is 12.8 Å². The van der Waals surface area contributed by atoms with Crippen LogP contribution in [0.1, 0.15) is 128 Å². The summed E-state index contributed by atoms with van der Waals surface area (Å²) < 4.78 is 11.2. The van der Waals surface area contributed by atoms with Gasteiger partial charge in [-0.25, -0.2) is 4.89 Å². The summed E-state index contributed by atoms with van der Waals surface area (Å²) in [6.07, 6.45) is 22.8. The maximum absolute atomic E-state index is 13.1. The zero-order chi connectivity index (χ0) is 29.9. The molecule has 0 spiro atoms. The molecule has 0 aliphatic heterocycles. The minimum absolute atomic E-state index is 0.159. The number of hydrogen-bond acceptors (Lipinski definition) is 5. The molecule has 0 saturated heterocycles. The zero-order valence-electron chi connectivity index (χ0n) is 26.4. The van der Waals surface area contributed by atoms with Gasteiger partial charge in [-0.05, 0) is 24.1 Å². The third-order valence-electron chi connectivity index (χ3n) is 8.12. The number of benzene rings is 2. The van der Waals surface area contributed by atoms with Crippen molar-refractivity contribution in [1.29, 1.82) is 0 Å². The van der Waals surface area contributed by atoms with E-state index in [-0.39, 0.29) is 19.2 Å². The summed E-state index contributed by atoms with van der Waals surface area (Å²) in [7, 11) is 0. The van der Waals surface area contributed by atoms with Crippen molar-refractivity contribution in [2.45, 2.75) is 135 Å². The Balaban J connectivity index is 1.61. The molecule has 42 heavy (non-hydrogen) atoms. The second-order valence-electron chi connectivity index (χ2n) is 11.7. The highest BCUT2D eigenvalue weighted by atomic mass is 17.1. The van der Waals surface area contributed by atoms with Crippen LogP contribution in [0.3, 0.4) is 0 Å². The summed E-state index contributed by atoms with van der Waals surface area (Å²) in [5.74, 6) is -0.115. The van der Waals surface area contributed by atoms with Gasteiger partial charge in [-0.15, -0.1) is 0 Å². The Morgan fingerprint density at radius 1 is 0.643 bits per heavy atom. The molecule has 2 rings (SSSR count). The summed E-state index contributed by atoms with van der Waals surface area (Å²) >= 11 is 0. The lowest BCUT2D eigenvalue weighted by atomic mass is 9.91. The number of hydrogen-bond donors (Lipinski definition) is 1. The van der Waals surface area contributed by atoms with Crippen molar-refractivity contribution in [3.8, 4) is 5.75 Å². The van der Waals surface area contributed by atoms with Crippen LogP contribution >= 0.6 is 0 Å². The highest BCUT2D eigenvalue weighted by molar-refractivity contribution is 5.73. The largest absolute Gasteiger partial charge is 0.490 e. The molecule has 0 radical (unpaired) electrons. The molecule has 0 aliphatic rings. The Labute approximate surface area is 256 Å². The van der Waals surface area contributed by atoms with E-state index in [0.717, 1.165) is 24.2 Å². The third-order valence-corrected chi connectivity index (χ3v) is 8.12. The number of ether oxygens (including phenoxy) is 2. The molecular weight excluding hydrogens is 524 g/mol. The molecule has 0 bridgehead atoms. The van der Waals surface area contributed by atoms with Gasteiger partial charge in [-0.1, -0.05) is 165 Å². The first-order chi connectivity index (χ1) is 20.7. The van der Waals surface area contributed by atoms with Crippen LogP contribution in [0.2, 0.25) is 0 Å². The van der Waals surface area contributed by atoms with Crippen LogP contribution in [0.15, 0.2) is 60.7 Å². The summed E-state index contributed by atoms with van der Waals surface area (Å²) in [6, 6.07) is 19.3. The van der Waals surface area contributed by atoms with Crippen LogP contribution in [0.5, 0.6) is 5.75 Å². The van der Waals surface area contributed by atoms with Gasteiger partial charge in [0.2, 0.25) is 0 Å². The molecule has 0 saturated carbocycles. The molecule has 0 fully saturated rings. The molecule has 2 aromatic carbocycles. The predicted molar refractivity (Wildman–Crippen MR) is 173 cm³/mol. The first kappa shape index (κ1) is 35.8. The Hall–Kier alpha value is -2.37. The lowest BCUT2D eigenvalue weighted by Crippen LogP contribution is -2.34. The Morgan fingerprint density at radius 2 is 1.12 bits per heavy atom. The standard InChI is InChI=1S/C37H58O5/c1-2-3-4-5-6-7-8-9-10-11-12-13-14-15-16-17-24-29-35(36(42-39)32-33-25-20-18-21-26-33)37(38)41-31-30-40-34-27-22-19-23-28-34/h18-23,25-28,35-36,39H,2-17,24,29-32H2,1H3. The van der Waals surface area contributed by atoms with E-state index in [2.05, 4.69) is 6.92 Å². The number of carbonyl (C=O) groups is 1. The topological polar surface area (TPSA) is 65.0 Å². The number of unbranched alkanes of at least 4 members (excludes halogenated alkanes) is 16. The summed E-state index contributed by atoms with van der Waals surface area (Å²) in [5.41, 5.74) is 1.02. The van der Waals surface area contributed by atoms with Crippen molar-refractivity contribution in [2.24, 2.45) is 5.92 Å². The van der Waals surface area contributed by atoms with Gasteiger partial charge in [0.05, 0.1) is 5.92 Å². The zero-order valence-corrected chi connectivity index (χ0v) is 26.4. The van der Waals surface area contributed by atoms with E-state index in [1.54, 1.807) is 0 Å². The maximum atomic E-state index is 13.1. The van der Waals surface area contributed by atoms with E-state index < -0.39 is 12.0 Å². The Morgan fingerprint density at radius 3 is 1.62 bits per heavy atom. The van der Waals surface area contributed by atoms with Crippen molar-refractivity contribution < 1.29 is 24.4 Å². The van der Waals surface area contributed by atoms with E-state index in [4.69, 9.17) is 14.4 Å². The number of esters is 1. The number of rotatable bonds is 27. The van der Waals surface area contributed by atoms with Gasteiger partial charge in [0.15, 0.2) is 0 Å². The van der Waals surface area contributed by atoms with Gasteiger partial charge in [0.25, 0.3) is 0 Å². The van der Waals surface area contributed by atoms with Gasteiger partial charge in [-0.2, -0.15) is 0 Å². The van der Waals surface area contributed by atoms with Crippen LogP contribution in [0, 0.1) is 5.92 Å². The lowest BCUT2D eigenvalue weighted by molar-refractivity contribution is -0.290. The number of carbonyl (C=O) groups excluding carboxylic acids is 1. The molecule has 2 unspecified atom stereocenters. The van der Waals surface area contributed by atoms with Gasteiger partial charge in [0.1, 0.15) is 25.1 Å². The van der Waals surface area contributed by atoms with Crippen molar-refractivity contribution in [2.75, 3.05) is 13.2 Å². The molecule has 0 amide bonds. The highest BCUT2D eigenvalue weighted by Crippen LogP contribution is 2.23. The average molecular weight is 583 g/mol. The van der Waals surface area contributed by atoms with Gasteiger partial charge < -0.3 is 9.47 Å². The van der Waals surface area contributed by atoms with Crippen molar-refractivity contribution >= 4 is 5.97 Å². The van der Waals surface area contributed by atoms with E-state index in [1.165, 1.54) is 96.3 Å². The van der Waals surface area contributed by atoms with Crippen LogP contribution in [0.25, 0.3) is 0 Å². The summed E-state index contributed by atoms with van der Waals surface area (Å²) in [4.78, 5) is 17.9. The monoisotopic (exact) mass is 582 g/mol. The predicted octanol–water partition coefficient (Wildman–Crippen LogP) is 10.4. The third kappa shape index (κ3) is 17.6. The molecule has 1 N–H and O–H groups in total. The average Bonchev–Trinajstić information content (AvgIpc) is 3.02. The van der Waals surface area contributed by atoms with Gasteiger partial charge >= 0.3 is 5.97 Å². The van der Waals surface area contributed by atoms with Crippen LogP contribution in [0.4, 0.5) is 0 Å². The van der Waals surface area contributed by atoms with Crippen molar-refractivity contribution in [1.82, 2.24) is 0 Å². The minimum Gasteiger partial charge on any atom is -0.490 e. The number of para-hydroxylation sites is 1. The molecule has 0 aromatic heterocycles. The molecular formula is C37H58O5. The quantitative estimate of drug-likeness (QED) is 0.0491. The summed E-state index contributed by atoms with van der Waals surface area (Å²) in [5, 5.41) is 9.74. The van der Waals surface area contributed by atoms with E-state index >= 15 is 0 Å². The van der Waals surface area contributed by atoms with Gasteiger partial charge in [0, 0.05) is 6.42 Å². The molecule has 2 atom stereocenters. The molecule has 236 valence electrons. The van der Waals surface area contributed by atoms with Crippen LogP contribution in [-0.4, -0.2) is 30.5 Å². The molecule has 5 heteroatoms. The molecule has 2 aromatic rings. The highest BCUT2D eigenvalue weighted by Gasteiger charge is 2.31. The molecule has 0 aliphatic carbocycles. The van der Waals surface area contributed by atoms with Crippen LogP contribution < -0.4 is 4.74 Å². The fraction of sp³-hybridized carbons (Fsp3) is 0.649. The summed E-state index contributed by atoms with van der Waals surface area (Å²) in [6.45, 7) is 2.72. The van der Waals surface area contributed by atoms with Crippen molar-refractivity contribution in [3.05, 3.63) is 66.2 Å². The lowest BCUT2D eigenvalue weighted by Gasteiger charge is -2.23. The fourth-order valence-electron chi connectivity index (χ4n) is 5.57. The van der Waals surface area contributed by atoms with Crippen LogP contribution in [-0.2, 0) is 20.8 Å². The first-order valence-corrected chi connectivity index (χ1v) is 16.9.